The molecule has 0 amide bonds. The van der Waals surface area contributed by atoms with E-state index in [9.17, 15) is 0 Å². The maximum atomic E-state index is 5.86. The lowest BCUT2D eigenvalue weighted by Gasteiger charge is -2.16. The van der Waals surface area contributed by atoms with Crippen molar-refractivity contribution in [3.05, 3.63) is 60.4 Å². The number of ether oxygens (including phenoxy) is 1. The van der Waals surface area contributed by atoms with Gasteiger partial charge in [0, 0.05) is 11.6 Å². The van der Waals surface area contributed by atoms with Gasteiger partial charge in [-0.05, 0) is 24.1 Å². The van der Waals surface area contributed by atoms with Crippen LogP contribution in [0.15, 0.2) is 54.9 Å². The first-order chi connectivity index (χ1) is 10.4. The summed E-state index contributed by atoms with van der Waals surface area (Å²) in [6, 6.07) is 14.4. The Balaban J connectivity index is 1.68. The molecule has 1 aromatic carbocycles. The normalized spacial score (nSPS) is 12.6. The van der Waals surface area contributed by atoms with Gasteiger partial charge in [0.2, 0.25) is 0 Å². The Bertz CT molecular complexity index is 693. The van der Waals surface area contributed by atoms with Gasteiger partial charge in [-0.15, -0.1) is 0 Å². The summed E-state index contributed by atoms with van der Waals surface area (Å²) in [4.78, 5) is 4.42. The van der Waals surface area contributed by atoms with Gasteiger partial charge in [-0.25, -0.2) is 9.67 Å². The van der Waals surface area contributed by atoms with E-state index in [1.165, 1.54) is 5.56 Å². The second-order valence-corrected chi connectivity index (χ2v) is 5.07. The molecule has 3 rings (SSSR count). The molecule has 2 heterocycles. The summed E-state index contributed by atoms with van der Waals surface area (Å²) in [5.41, 5.74) is 2.11. The maximum absolute atomic E-state index is 5.86. The Hall–Kier alpha value is -2.20. The summed E-state index contributed by atoms with van der Waals surface area (Å²) in [7, 11) is 0. The van der Waals surface area contributed by atoms with Crippen LogP contribution in [-0.2, 0) is 11.3 Å². The second kappa shape index (κ2) is 6.50. The molecule has 0 spiro atoms. The van der Waals surface area contributed by atoms with Crippen LogP contribution in [0.2, 0.25) is 0 Å². The zero-order valence-electron chi connectivity index (χ0n) is 12.1. The molecule has 0 saturated heterocycles. The van der Waals surface area contributed by atoms with Crippen molar-refractivity contribution < 1.29 is 4.74 Å². The van der Waals surface area contributed by atoms with Crippen molar-refractivity contribution in [2.75, 3.05) is 6.61 Å². The molecule has 4 nitrogen and oxygen atoms in total. The van der Waals surface area contributed by atoms with E-state index in [-0.39, 0.29) is 6.04 Å². The molecule has 108 valence electrons. The molecular weight excluding hydrogens is 262 g/mol. The fourth-order valence-corrected chi connectivity index (χ4v) is 2.40. The number of fused-ring (bicyclic) bond motifs is 1. The smallest absolute Gasteiger partial charge is 0.158 e. The molecular formula is C17H19N3O. The van der Waals surface area contributed by atoms with Crippen LogP contribution in [0.4, 0.5) is 0 Å². The molecule has 21 heavy (non-hydrogen) atoms. The number of rotatable bonds is 6. The van der Waals surface area contributed by atoms with Crippen LogP contribution in [0.25, 0.3) is 11.0 Å². The quantitative estimate of drug-likeness (QED) is 0.693. The lowest BCUT2D eigenvalue weighted by atomic mass is 10.2. The zero-order valence-corrected chi connectivity index (χ0v) is 12.1. The summed E-state index contributed by atoms with van der Waals surface area (Å²) < 4.78 is 7.83. The van der Waals surface area contributed by atoms with Gasteiger partial charge in [-0.2, -0.15) is 5.10 Å². The third-order valence-corrected chi connectivity index (χ3v) is 3.59. The molecule has 4 heteroatoms. The molecule has 3 aromatic rings. The van der Waals surface area contributed by atoms with Crippen LogP contribution < -0.4 is 0 Å². The lowest BCUT2D eigenvalue weighted by Crippen LogP contribution is -2.16. The summed E-state index contributed by atoms with van der Waals surface area (Å²) in [6.07, 6.45) is 4.63. The van der Waals surface area contributed by atoms with E-state index in [4.69, 9.17) is 4.74 Å². The first-order valence-electron chi connectivity index (χ1n) is 7.28. The highest BCUT2D eigenvalue weighted by Crippen LogP contribution is 2.18. The van der Waals surface area contributed by atoms with Crippen molar-refractivity contribution >= 4 is 11.0 Å². The average Bonchev–Trinajstić information content (AvgIpc) is 2.97. The van der Waals surface area contributed by atoms with Crippen LogP contribution in [0.5, 0.6) is 0 Å². The largest absolute Gasteiger partial charge is 0.375 e. The Labute approximate surface area is 124 Å². The predicted molar refractivity (Wildman–Crippen MR) is 83.0 cm³/mol. The molecule has 0 saturated carbocycles. The van der Waals surface area contributed by atoms with Gasteiger partial charge >= 0.3 is 0 Å². The number of hydrogen-bond donors (Lipinski definition) is 0. The average molecular weight is 281 g/mol. The monoisotopic (exact) mass is 281 g/mol. The molecule has 1 atom stereocenters. The van der Waals surface area contributed by atoms with E-state index in [1.54, 1.807) is 6.20 Å². The van der Waals surface area contributed by atoms with Crippen LogP contribution in [-0.4, -0.2) is 21.4 Å². The molecule has 0 N–H and O–H groups in total. The van der Waals surface area contributed by atoms with E-state index >= 15 is 0 Å². The first kappa shape index (κ1) is 13.8. The SMILES string of the molecule is CCC(COCc1ccccc1)n1ncc2cccnc21. The van der Waals surface area contributed by atoms with Gasteiger partial charge in [0.15, 0.2) is 5.65 Å². The molecule has 0 aliphatic rings. The predicted octanol–water partition coefficient (Wildman–Crippen LogP) is 3.60. The van der Waals surface area contributed by atoms with Crippen LogP contribution >= 0.6 is 0 Å². The van der Waals surface area contributed by atoms with E-state index in [2.05, 4.69) is 29.1 Å². The first-order valence-corrected chi connectivity index (χ1v) is 7.28. The number of nitrogens with zero attached hydrogens (tertiary/aromatic N) is 3. The van der Waals surface area contributed by atoms with Gasteiger partial charge in [-0.1, -0.05) is 37.3 Å². The van der Waals surface area contributed by atoms with Gasteiger partial charge in [0.25, 0.3) is 0 Å². The topological polar surface area (TPSA) is 39.9 Å². The maximum Gasteiger partial charge on any atom is 0.158 e. The minimum Gasteiger partial charge on any atom is -0.375 e. The number of aromatic nitrogens is 3. The minimum atomic E-state index is 0.209. The molecule has 1 unspecified atom stereocenters. The highest BCUT2D eigenvalue weighted by molar-refractivity contribution is 5.74. The fraction of sp³-hybridized carbons (Fsp3) is 0.294. The highest BCUT2D eigenvalue weighted by Gasteiger charge is 2.13. The van der Waals surface area contributed by atoms with E-state index in [0.717, 1.165) is 17.5 Å². The van der Waals surface area contributed by atoms with Crippen molar-refractivity contribution in [3.8, 4) is 0 Å². The van der Waals surface area contributed by atoms with Crippen molar-refractivity contribution in [2.24, 2.45) is 0 Å². The summed E-state index contributed by atoms with van der Waals surface area (Å²) in [5, 5.41) is 5.53. The van der Waals surface area contributed by atoms with Crippen molar-refractivity contribution in [1.29, 1.82) is 0 Å². The fourth-order valence-electron chi connectivity index (χ4n) is 2.40. The molecule has 0 fully saturated rings. The Morgan fingerprint density at radius 1 is 1.14 bits per heavy atom. The molecule has 0 bridgehead atoms. The third kappa shape index (κ3) is 3.11. The molecule has 2 aromatic heterocycles. The van der Waals surface area contributed by atoms with Gasteiger partial charge in [-0.3, -0.25) is 0 Å². The lowest BCUT2D eigenvalue weighted by molar-refractivity contribution is 0.0861. The molecule has 0 radical (unpaired) electrons. The number of hydrogen-bond acceptors (Lipinski definition) is 3. The Kier molecular flexibility index (Phi) is 4.26. The van der Waals surface area contributed by atoms with Crippen molar-refractivity contribution in [3.63, 3.8) is 0 Å². The second-order valence-electron chi connectivity index (χ2n) is 5.07. The van der Waals surface area contributed by atoms with Gasteiger partial charge < -0.3 is 4.74 Å². The Morgan fingerprint density at radius 2 is 2.00 bits per heavy atom. The van der Waals surface area contributed by atoms with Crippen LogP contribution in [0, 0.1) is 0 Å². The van der Waals surface area contributed by atoms with Gasteiger partial charge in [0.1, 0.15) is 0 Å². The highest BCUT2D eigenvalue weighted by atomic mass is 16.5. The third-order valence-electron chi connectivity index (χ3n) is 3.59. The summed E-state index contributed by atoms with van der Waals surface area (Å²) in [6.45, 7) is 3.41. The van der Waals surface area contributed by atoms with Crippen LogP contribution in [0.1, 0.15) is 24.9 Å². The summed E-state index contributed by atoms with van der Waals surface area (Å²) in [5.74, 6) is 0. The van der Waals surface area contributed by atoms with Gasteiger partial charge in [0.05, 0.1) is 25.5 Å². The summed E-state index contributed by atoms with van der Waals surface area (Å²) >= 11 is 0. The molecule has 0 aliphatic carbocycles. The standard InChI is InChI=1S/C17H19N3O/c1-2-16(13-21-12-14-7-4-3-5-8-14)20-17-15(11-19-20)9-6-10-18-17/h3-11,16H,2,12-13H2,1H3. The van der Waals surface area contributed by atoms with E-state index in [0.29, 0.717) is 13.2 Å². The number of pyridine rings is 1. The molecule has 0 aliphatic heterocycles. The van der Waals surface area contributed by atoms with E-state index < -0.39 is 0 Å². The van der Waals surface area contributed by atoms with Crippen LogP contribution in [0.3, 0.4) is 0 Å². The zero-order chi connectivity index (χ0) is 14.5. The number of benzene rings is 1. The van der Waals surface area contributed by atoms with E-state index in [1.807, 2.05) is 41.2 Å². The Morgan fingerprint density at radius 3 is 2.81 bits per heavy atom. The van der Waals surface area contributed by atoms with Crippen molar-refractivity contribution in [1.82, 2.24) is 14.8 Å². The minimum absolute atomic E-state index is 0.209. The van der Waals surface area contributed by atoms with Crippen molar-refractivity contribution in [2.45, 2.75) is 26.0 Å².